The number of ether oxygens (including phenoxy) is 1. The number of benzene rings is 1. The molecule has 3 nitrogen and oxygen atoms in total. The molecule has 0 heterocycles. The highest BCUT2D eigenvalue weighted by Gasteiger charge is 2.25. The van der Waals surface area contributed by atoms with Crippen molar-refractivity contribution >= 4 is 0 Å². The van der Waals surface area contributed by atoms with Gasteiger partial charge >= 0.3 is 0 Å². The number of β-amino-alcohol motifs (C(OH)–C–C–N with tert-alkyl or cyclic N) is 1. The Bertz CT molecular complexity index is 492. The lowest BCUT2D eigenvalue weighted by molar-refractivity contribution is 0.0944. The molecule has 1 aromatic carbocycles. The summed E-state index contributed by atoms with van der Waals surface area (Å²) in [6.07, 6.45) is 0.522. The van der Waals surface area contributed by atoms with Gasteiger partial charge in [-0.25, -0.2) is 0 Å². The van der Waals surface area contributed by atoms with Crippen molar-refractivity contribution in [2.24, 2.45) is 5.41 Å². The fourth-order valence-corrected chi connectivity index (χ4v) is 3.08. The molecule has 1 rings (SSSR count). The van der Waals surface area contributed by atoms with E-state index in [0.717, 1.165) is 12.2 Å². The van der Waals surface area contributed by atoms with E-state index in [1.807, 2.05) is 12.1 Å². The monoisotopic (exact) mass is 335 g/mol. The SMILES string of the molecule is CC(C)(C)CC(C)(C)NC[C@H](O)COc1ccc(C(C)(C)C)cc1. The summed E-state index contributed by atoms with van der Waals surface area (Å²) in [6, 6.07) is 8.13. The van der Waals surface area contributed by atoms with E-state index in [1.165, 1.54) is 5.56 Å². The average Bonchev–Trinajstić information content (AvgIpc) is 2.40. The van der Waals surface area contributed by atoms with Crippen molar-refractivity contribution in [3.8, 4) is 5.75 Å². The third-order valence-corrected chi connectivity index (χ3v) is 3.95. The molecule has 0 spiro atoms. The Morgan fingerprint density at radius 3 is 1.96 bits per heavy atom. The number of aliphatic hydroxyl groups excluding tert-OH is 1. The van der Waals surface area contributed by atoms with Crippen LogP contribution in [0.25, 0.3) is 0 Å². The van der Waals surface area contributed by atoms with Crippen molar-refractivity contribution in [3.63, 3.8) is 0 Å². The highest BCUT2D eigenvalue weighted by molar-refractivity contribution is 5.31. The van der Waals surface area contributed by atoms with Crippen LogP contribution >= 0.6 is 0 Å². The van der Waals surface area contributed by atoms with Gasteiger partial charge in [-0.2, -0.15) is 0 Å². The Labute approximate surface area is 148 Å². The number of hydrogen-bond acceptors (Lipinski definition) is 3. The maximum Gasteiger partial charge on any atom is 0.119 e. The van der Waals surface area contributed by atoms with E-state index in [4.69, 9.17) is 4.74 Å². The van der Waals surface area contributed by atoms with E-state index in [1.54, 1.807) is 0 Å². The van der Waals surface area contributed by atoms with Crippen molar-refractivity contribution in [3.05, 3.63) is 29.8 Å². The first kappa shape index (κ1) is 21.0. The van der Waals surface area contributed by atoms with Crippen LogP contribution < -0.4 is 10.1 Å². The molecule has 1 atom stereocenters. The molecule has 138 valence electrons. The van der Waals surface area contributed by atoms with Crippen molar-refractivity contribution in [2.45, 2.75) is 78.9 Å². The Morgan fingerprint density at radius 2 is 1.50 bits per heavy atom. The predicted octanol–water partition coefficient (Wildman–Crippen LogP) is 4.53. The number of nitrogens with one attached hydrogen (secondary N) is 1. The van der Waals surface area contributed by atoms with Gasteiger partial charge in [-0.05, 0) is 48.8 Å². The highest BCUT2D eigenvalue weighted by Crippen LogP contribution is 2.27. The molecule has 0 fully saturated rings. The molecule has 0 saturated carbocycles. The van der Waals surface area contributed by atoms with Crippen LogP contribution in [0.3, 0.4) is 0 Å². The number of hydrogen-bond donors (Lipinski definition) is 2. The van der Waals surface area contributed by atoms with Gasteiger partial charge < -0.3 is 15.2 Å². The zero-order valence-corrected chi connectivity index (χ0v) is 16.9. The molecule has 0 aliphatic rings. The fourth-order valence-electron chi connectivity index (χ4n) is 3.08. The molecule has 0 bridgehead atoms. The second-order valence-electron chi connectivity index (χ2n) is 9.74. The minimum absolute atomic E-state index is 0.00636. The summed E-state index contributed by atoms with van der Waals surface area (Å²) in [6.45, 7) is 18.5. The van der Waals surface area contributed by atoms with E-state index >= 15 is 0 Å². The summed E-state index contributed by atoms with van der Waals surface area (Å²) in [5, 5.41) is 13.6. The first-order chi connectivity index (χ1) is 10.8. The lowest BCUT2D eigenvalue weighted by atomic mass is 9.82. The summed E-state index contributed by atoms with van der Waals surface area (Å²) < 4.78 is 5.71. The minimum Gasteiger partial charge on any atom is -0.491 e. The molecule has 0 amide bonds. The van der Waals surface area contributed by atoms with Crippen molar-refractivity contribution in [1.29, 1.82) is 0 Å². The second kappa shape index (κ2) is 7.88. The van der Waals surface area contributed by atoms with Gasteiger partial charge in [0, 0.05) is 12.1 Å². The van der Waals surface area contributed by atoms with Gasteiger partial charge in [0.1, 0.15) is 18.5 Å². The molecule has 0 unspecified atom stereocenters. The summed E-state index contributed by atoms with van der Waals surface area (Å²) in [5.41, 5.74) is 1.67. The van der Waals surface area contributed by atoms with Crippen LogP contribution in [0.4, 0.5) is 0 Å². The summed E-state index contributed by atoms with van der Waals surface area (Å²) in [4.78, 5) is 0. The van der Waals surface area contributed by atoms with Crippen LogP contribution in [0.1, 0.15) is 67.4 Å². The molecular formula is C21H37NO2. The van der Waals surface area contributed by atoms with Crippen LogP contribution in [-0.2, 0) is 5.41 Å². The highest BCUT2D eigenvalue weighted by atomic mass is 16.5. The Morgan fingerprint density at radius 1 is 0.958 bits per heavy atom. The van der Waals surface area contributed by atoms with Gasteiger partial charge in [-0.1, -0.05) is 53.7 Å². The molecule has 3 heteroatoms. The summed E-state index contributed by atoms with van der Waals surface area (Å²) in [7, 11) is 0. The third kappa shape index (κ3) is 8.16. The molecule has 0 aliphatic heterocycles. The molecule has 1 aromatic rings. The lowest BCUT2D eigenvalue weighted by Gasteiger charge is -2.34. The number of aliphatic hydroxyl groups is 1. The first-order valence-electron chi connectivity index (χ1n) is 8.95. The van der Waals surface area contributed by atoms with Crippen LogP contribution in [-0.4, -0.2) is 29.9 Å². The van der Waals surface area contributed by atoms with E-state index in [-0.39, 0.29) is 16.4 Å². The molecule has 0 aromatic heterocycles. The van der Waals surface area contributed by atoms with Crippen LogP contribution in [0.15, 0.2) is 24.3 Å². The summed E-state index contributed by atoms with van der Waals surface area (Å²) >= 11 is 0. The fraction of sp³-hybridized carbons (Fsp3) is 0.714. The Hall–Kier alpha value is -1.06. The van der Waals surface area contributed by atoms with E-state index < -0.39 is 6.10 Å². The predicted molar refractivity (Wildman–Crippen MR) is 103 cm³/mol. The van der Waals surface area contributed by atoms with Crippen LogP contribution in [0.2, 0.25) is 0 Å². The van der Waals surface area contributed by atoms with Gasteiger partial charge in [-0.15, -0.1) is 0 Å². The smallest absolute Gasteiger partial charge is 0.119 e. The molecule has 24 heavy (non-hydrogen) atoms. The van der Waals surface area contributed by atoms with Gasteiger partial charge in [0.15, 0.2) is 0 Å². The largest absolute Gasteiger partial charge is 0.491 e. The van der Waals surface area contributed by atoms with Gasteiger partial charge in [0.2, 0.25) is 0 Å². The second-order valence-corrected chi connectivity index (χ2v) is 9.74. The third-order valence-electron chi connectivity index (χ3n) is 3.95. The van der Waals surface area contributed by atoms with E-state index in [2.05, 4.69) is 72.8 Å². The molecular weight excluding hydrogens is 298 g/mol. The van der Waals surface area contributed by atoms with Crippen molar-refractivity contribution in [2.75, 3.05) is 13.2 Å². The zero-order chi connectivity index (χ0) is 18.6. The average molecular weight is 336 g/mol. The van der Waals surface area contributed by atoms with E-state index in [0.29, 0.717) is 13.2 Å². The molecule has 0 radical (unpaired) electrons. The Kier molecular flexibility index (Phi) is 6.89. The van der Waals surface area contributed by atoms with Gasteiger partial charge in [-0.3, -0.25) is 0 Å². The minimum atomic E-state index is -0.522. The maximum atomic E-state index is 10.2. The molecule has 2 N–H and O–H groups in total. The van der Waals surface area contributed by atoms with Crippen molar-refractivity contribution in [1.82, 2.24) is 5.32 Å². The van der Waals surface area contributed by atoms with Gasteiger partial charge in [0.25, 0.3) is 0 Å². The quantitative estimate of drug-likeness (QED) is 0.769. The van der Waals surface area contributed by atoms with Gasteiger partial charge in [0.05, 0.1) is 0 Å². The standard InChI is InChI=1S/C21H37NO2/c1-19(2,3)15-21(7,8)22-13-17(23)14-24-18-11-9-16(10-12-18)20(4,5)6/h9-12,17,22-23H,13-15H2,1-8H3/t17-/m0/s1. The topological polar surface area (TPSA) is 41.5 Å². The number of rotatable bonds is 7. The molecule has 0 aliphatic carbocycles. The first-order valence-corrected chi connectivity index (χ1v) is 8.95. The van der Waals surface area contributed by atoms with Crippen molar-refractivity contribution < 1.29 is 9.84 Å². The van der Waals surface area contributed by atoms with Crippen LogP contribution in [0, 0.1) is 5.41 Å². The van der Waals surface area contributed by atoms with E-state index in [9.17, 15) is 5.11 Å². The Balaban J connectivity index is 2.42. The molecule has 0 saturated heterocycles. The normalized spacial score (nSPS) is 14.5. The lowest BCUT2D eigenvalue weighted by Crippen LogP contribution is -2.46. The zero-order valence-electron chi connectivity index (χ0n) is 16.9. The van der Waals surface area contributed by atoms with Crippen LogP contribution in [0.5, 0.6) is 5.75 Å². The summed E-state index contributed by atoms with van der Waals surface area (Å²) in [5.74, 6) is 0.802. The maximum absolute atomic E-state index is 10.2.